The summed E-state index contributed by atoms with van der Waals surface area (Å²) >= 11 is 5.87. The van der Waals surface area contributed by atoms with Gasteiger partial charge in [-0.25, -0.2) is 4.79 Å². The fourth-order valence-corrected chi connectivity index (χ4v) is 2.41. The van der Waals surface area contributed by atoms with E-state index in [-0.39, 0.29) is 18.9 Å². The molecule has 1 N–H and O–H groups in total. The van der Waals surface area contributed by atoms with Crippen LogP contribution in [0.2, 0.25) is 5.02 Å². The van der Waals surface area contributed by atoms with Gasteiger partial charge in [0.25, 0.3) is 0 Å². The molecule has 0 aromatic heterocycles. The van der Waals surface area contributed by atoms with Gasteiger partial charge in [-0.1, -0.05) is 36.7 Å². The number of rotatable bonds is 7. The molecule has 0 aliphatic heterocycles. The third-order valence-electron chi connectivity index (χ3n) is 3.65. The average molecular weight is 402 g/mol. The van der Waals surface area contributed by atoms with E-state index in [4.69, 9.17) is 21.1 Å². The summed E-state index contributed by atoms with van der Waals surface area (Å²) in [4.78, 5) is 11.9. The maximum absolute atomic E-state index is 12.7. The van der Waals surface area contributed by atoms with E-state index < -0.39 is 23.9 Å². The zero-order chi connectivity index (χ0) is 19.9. The lowest BCUT2D eigenvalue weighted by molar-refractivity contribution is -0.137. The van der Waals surface area contributed by atoms with Gasteiger partial charge < -0.3 is 14.8 Å². The Bertz CT molecular complexity index is 768. The molecule has 146 valence electrons. The van der Waals surface area contributed by atoms with Crippen molar-refractivity contribution >= 4 is 17.7 Å². The minimum atomic E-state index is -4.44. The van der Waals surface area contributed by atoms with Crippen LogP contribution in [-0.2, 0) is 17.5 Å². The van der Waals surface area contributed by atoms with E-state index in [2.05, 4.69) is 5.32 Å². The van der Waals surface area contributed by atoms with Crippen LogP contribution < -0.4 is 10.1 Å². The van der Waals surface area contributed by atoms with E-state index in [0.29, 0.717) is 11.4 Å². The van der Waals surface area contributed by atoms with Gasteiger partial charge >= 0.3 is 12.3 Å². The molecule has 0 saturated carbocycles. The molecule has 0 bridgehead atoms. The summed E-state index contributed by atoms with van der Waals surface area (Å²) in [7, 11) is 0. The van der Waals surface area contributed by atoms with Gasteiger partial charge in [0.15, 0.2) is 0 Å². The molecule has 27 heavy (non-hydrogen) atoms. The van der Waals surface area contributed by atoms with Gasteiger partial charge in [0, 0.05) is 11.6 Å². The lowest BCUT2D eigenvalue weighted by Crippen LogP contribution is -2.31. The number of halogens is 4. The Balaban J connectivity index is 1.83. The van der Waals surface area contributed by atoms with Gasteiger partial charge in [0.1, 0.15) is 18.5 Å². The number of benzene rings is 2. The van der Waals surface area contributed by atoms with Gasteiger partial charge in [-0.05, 0) is 42.3 Å². The quantitative estimate of drug-likeness (QED) is 0.671. The van der Waals surface area contributed by atoms with E-state index in [1.807, 2.05) is 0 Å². The van der Waals surface area contributed by atoms with Crippen molar-refractivity contribution < 1.29 is 27.4 Å². The second-order valence-corrected chi connectivity index (χ2v) is 6.19. The highest BCUT2D eigenvalue weighted by Crippen LogP contribution is 2.31. The highest BCUT2D eigenvalue weighted by atomic mass is 35.5. The molecule has 0 aliphatic carbocycles. The molecule has 2 aromatic carbocycles. The van der Waals surface area contributed by atoms with Crippen LogP contribution in [0.25, 0.3) is 0 Å². The molecule has 8 heteroatoms. The molecular formula is C19H19ClF3NO3. The third-order valence-corrected chi connectivity index (χ3v) is 3.89. The van der Waals surface area contributed by atoms with Gasteiger partial charge in [-0.3, -0.25) is 0 Å². The molecule has 0 heterocycles. The lowest BCUT2D eigenvalue weighted by atomic mass is 10.2. The third kappa shape index (κ3) is 7.02. The second kappa shape index (κ2) is 9.50. The number of nitrogens with one attached hydrogen (secondary N) is 1. The van der Waals surface area contributed by atoms with Gasteiger partial charge in [-0.2, -0.15) is 13.2 Å². The number of amides is 1. The first-order valence-corrected chi connectivity index (χ1v) is 8.64. The summed E-state index contributed by atoms with van der Waals surface area (Å²) < 4.78 is 48.7. The first-order valence-electron chi connectivity index (χ1n) is 8.27. The lowest BCUT2D eigenvalue weighted by Gasteiger charge is -2.18. The minimum Gasteiger partial charge on any atom is -0.490 e. The van der Waals surface area contributed by atoms with E-state index in [1.165, 1.54) is 12.1 Å². The van der Waals surface area contributed by atoms with Gasteiger partial charge in [0.2, 0.25) is 0 Å². The highest BCUT2D eigenvalue weighted by molar-refractivity contribution is 6.30. The Hall–Kier alpha value is -2.41. The van der Waals surface area contributed by atoms with Crippen molar-refractivity contribution in [2.24, 2.45) is 0 Å². The van der Waals surface area contributed by atoms with Crippen molar-refractivity contribution in [2.45, 2.75) is 32.2 Å². The molecule has 0 fully saturated rings. The van der Waals surface area contributed by atoms with Crippen LogP contribution in [0.5, 0.6) is 5.75 Å². The Morgan fingerprint density at radius 1 is 1.19 bits per heavy atom. The molecule has 1 unspecified atom stereocenters. The standard InChI is InChI=1S/C19H19ClF3NO3/c1-2-16(12-26-17-8-4-6-14(10-17)19(21,22)23)27-18(25)24-11-13-5-3-7-15(20)9-13/h3-10,16H,2,11-12H2,1H3,(H,24,25). The van der Waals surface area contributed by atoms with Crippen LogP contribution in [0.3, 0.4) is 0 Å². The summed E-state index contributed by atoms with van der Waals surface area (Å²) in [5.74, 6) is 0.0613. The van der Waals surface area contributed by atoms with E-state index in [9.17, 15) is 18.0 Å². The molecule has 0 radical (unpaired) electrons. The summed E-state index contributed by atoms with van der Waals surface area (Å²) in [5.41, 5.74) is 0.0148. The molecule has 0 aliphatic rings. The van der Waals surface area contributed by atoms with Crippen molar-refractivity contribution in [3.05, 3.63) is 64.7 Å². The summed E-state index contributed by atoms with van der Waals surface area (Å²) in [5, 5.41) is 3.15. The normalized spacial score (nSPS) is 12.3. The number of carbonyl (C=O) groups is 1. The van der Waals surface area contributed by atoms with Crippen LogP contribution in [-0.4, -0.2) is 18.8 Å². The number of hydrogen-bond acceptors (Lipinski definition) is 3. The zero-order valence-electron chi connectivity index (χ0n) is 14.6. The summed E-state index contributed by atoms with van der Waals surface area (Å²) in [6.07, 6.45) is -5.24. The molecule has 0 spiro atoms. The number of carbonyl (C=O) groups excluding carboxylic acids is 1. The van der Waals surface area contributed by atoms with Crippen LogP contribution in [0, 0.1) is 0 Å². The SMILES string of the molecule is CCC(COc1cccc(C(F)(F)F)c1)OC(=O)NCc1cccc(Cl)c1. The Kier molecular flexibility index (Phi) is 7.36. The average Bonchev–Trinajstić information content (AvgIpc) is 2.63. The topological polar surface area (TPSA) is 47.6 Å². The molecule has 1 atom stereocenters. The van der Waals surface area contributed by atoms with E-state index >= 15 is 0 Å². The van der Waals surface area contributed by atoms with Crippen LogP contribution in [0.1, 0.15) is 24.5 Å². The second-order valence-electron chi connectivity index (χ2n) is 5.76. The van der Waals surface area contributed by atoms with E-state index in [0.717, 1.165) is 17.7 Å². The Morgan fingerprint density at radius 3 is 2.59 bits per heavy atom. The fraction of sp³-hybridized carbons (Fsp3) is 0.316. The number of alkyl halides is 3. The first-order chi connectivity index (χ1) is 12.8. The van der Waals surface area contributed by atoms with Crippen molar-refractivity contribution in [3.8, 4) is 5.75 Å². The van der Waals surface area contributed by atoms with Crippen molar-refractivity contribution in [1.82, 2.24) is 5.32 Å². The predicted octanol–water partition coefficient (Wildman–Crippen LogP) is 5.44. The molecule has 2 aromatic rings. The molecule has 4 nitrogen and oxygen atoms in total. The first kappa shape index (κ1) is 20.9. The highest BCUT2D eigenvalue weighted by Gasteiger charge is 2.30. The number of alkyl carbamates (subject to hydrolysis) is 1. The molecule has 0 saturated heterocycles. The number of hydrogen-bond donors (Lipinski definition) is 1. The molecular weight excluding hydrogens is 383 g/mol. The van der Waals surface area contributed by atoms with Crippen LogP contribution in [0.15, 0.2) is 48.5 Å². The smallest absolute Gasteiger partial charge is 0.416 e. The fourth-order valence-electron chi connectivity index (χ4n) is 2.20. The molecule has 1 amide bonds. The summed E-state index contributed by atoms with van der Waals surface area (Å²) in [6.45, 7) is 1.97. The van der Waals surface area contributed by atoms with Crippen molar-refractivity contribution in [2.75, 3.05) is 6.61 Å². The molecule has 2 rings (SSSR count). The largest absolute Gasteiger partial charge is 0.490 e. The van der Waals surface area contributed by atoms with Crippen molar-refractivity contribution in [1.29, 1.82) is 0 Å². The Morgan fingerprint density at radius 2 is 1.93 bits per heavy atom. The van der Waals surface area contributed by atoms with Crippen molar-refractivity contribution in [3.63, 3.8) is 0 Å². The Labute approximate surface area is 160 Å². The van der Waals surface area contributed by atoms with Gasteiger partial charge in [-0.15, -0.1) is 0 Å². The monoisotopic (exact) mass is 401 g/mol. The minimum absolute atomic E-state index is 0.0532. The van der Waals surface area contributed by atoms with E-state index in [1.54, 1.807) is 31.2 Å². The zero-order valence-corrected chi connectivity index (χ0v) is 15.3. The van der Waals surface area contributed by atoms with Gasteiger partial charge in [0.05, 0.1) is 5.56 Å². The van der Waals surface area contributed by atoms with Crippen LogP contribution >= 0.6 is 11.6 Å². The van der Waals surface area contributed by atoms with Crippen LogP contribution in [0.4, 0.5) is 18.0 Å². The summed E-state index contributed by atoms with van der Waals surface area (Å²) in [6, 6.07) is 11.6. The maximum Gasteiger partial charge on any atom is 0.416 e. The predicted molar refractivity (Wildman–Crippen MR) is 95.8 cm³/mol. The number of ether oxygens (including phenoxy) is 2. The maximum atomic E-state index is 12.7.